The SMILES string of the molecule is CCCC(NCc1ccncc1)c1cccc([N+](=O)[O-])c1. The van der Waals surface area contributed by atoms with E-state index in [1.807, 2.05) is 18.2 Å². The molecule has 1 aromatic carbocycles. The van der Waals surface area contributed by atoms with E-state index in [1.54, 1.807) is 24.5 Å². The number of nitrogens with zero attached hydrogens (tertiary/aromatic N) is 2. The second kappa shape index (κ2) is 7.50. The number of rotatable bonds is 7. The zero-order valence-electron chi connectivity index (χ0n) is 12.0. The molecule has 1 N–H and O–H groups in total. The smallest absolute Gasteiger partial charge is 0.269 e. The lowest BCUT2D eigenvalue weighted by Gasteiger charge is -2.18. The third-order valence-corrected chi connectivity index (χ3v) is 3.36. The van der Waals surface area contributed by atoms with Crippen LogP contribution in [0.2, 0.25) is 0 Å². The lowest BCUT2D eigenvalue weighted by atomic mass is 10.0. The van der Waals surface area contributed by atoms with Crippen LogP contribution in [-0.4, -0.2) is 9.91 Å². The zero-order valence-corrected chi connectivity index (χ0v) is 12.0. The van der Waals surface area contributed by atoms with Gasteiger partial charge >= 0.3 is 0 Å². The largest absolute Gasteiger partial charge is 0.306 e. The first-order chi connectivity index (χ1) is 10.2. The van der Waals surface area contributed by atoms with Gasteiger partial charge in [0, 0.05) is 37.1 Å². The van der Waals surface area contributed by atoms with Gasteiger partial charge in [-0.1, -0.05) is 25.5 Å². The van der Waals surface area contributed by atoms with Gasteiger partial charge in [0.05, 0.1) is 4.92 Å². The summed E-state index contributed by atoms with van der Waals surface area (Å²) in [6, 6.07) is 10.9. The van der Waals surface area contributed by atoms with Crippen molar-refractivity contribution in [2.75, 3.05) is 0 Å². The van der Waals surface area contributed by atoms with Crippen LogP contribution >= 0.6 is 0 Å². The lowest BCUT2D eigenvalue weighted by molar-refractivity contribution is -0.384. The molecule has 21 heavy (non-hydrogen) atoms. The van der Waals surface area contributed by atoms with E-state index in [9.17, 15) is 10.1 Å². The highest BCUT2D eigenvalue weighted by Crippen LogP contribution is 2.23. The molecule has 0 aliphatic carbocycles. The van der Waals surface area contributed by atoms with Crippen molar-refractivity contribution in [3.8, 4) is 0 Å². The average molecular weight is 285 g/mol. The molecular formula is C16H19N3O2. The second-order valence-corrected chi connectivity index (χ2v) is 4.93. The minimum atomic E-state index is -0.352. The average Bonchev–Trinajstić information content (AvgIpc) is 2.52. The topological polar surface area (TPSA) is 68.1 Å². The number of nitro benzene ring substituents is 1. The molecule has 0 saturated heterocycles. The Hall–Kier alpha value is -2.27. The number of benzene rings is 1. The van der Waals surface area contributed by atoms with Crippen molar-refractivity contribution in [2.24, 2.45) is 0 Å². The van der Waals surface area contributed by atoms with Gasteiger partial charge in [-0.05, 0) is 29.7 Å². The number of hydrogen-bond acceptors (Lipinski definition) is 4. The van der Waals surface area contributed by atoms with E-state index in [-0.39, 0.29) is 16.7 Å². The maximum Gasteiger partial charge on any atom is 0.269 e. The monoisotopic (exact) mass is 285 g/mol. The molecule has 0 amide bonds. The van der Waals surface area contributed by atoms with Crippen molar-refractivity contribution in [3.63, 3.8) is 0 Å². The Balaban J connectivity index is 2.11. The van der Waals surface area contributed by atoms with Crippen molar-refractivity contribution in [2.45, 2.75) is 32.4 Å². The molecule has 0 bridgehead atoms. The number of non-ortho nitro benzene ring substituents is 1. The van der Waals surface area contributed by atoms with Gasteiger partial charge in [-0.2, -0.15) is 0 Å². The van der Waals surface area contributed by atoms with Gasteiger partial charge < -0.3 is 5.32 Å². The van der Waals surface area contributed by atoms with Gasteiger partial charge in [0.2, 0.25) is 0 Å². The van der Waals surface area contributed by atoms with Gasteiger partial charge in [0.1, 0.15) is 0 Å². The van der Waals surface area contributed by atoms with Gasteiger partial charge in [-0.3, -0.25) is 15.1 Å². The Kier molecular flexibility index (Phi) is 5.40. The number of nitro groups is 1. The number of nitrogens with one attached hydrogen (secondary N) is 1. The van der Waals surface area contributed by atoms with E-state index < -0.39 is 0 Å². The predicted molar refractivity (Wildman–Crippen MR) is 81.8 cm³/mol. The highest BCUT2D eigenvalue weighted by Gasteiger charge is 2.13. The number of hydrogen-bond donors (Lipinski definition) is 1. The van der Waals surface area contributed by atoms with E-state index in [0.29, 0.717) is 0 Å². The summed E-state index contributed by atoms with van der Waals surface area (Å²) < 4.78 is 0. The molecule has 1 atom stereocenters. The molecule has 110 valence electrons. The molecule has 2 rings (SSSR count). The van der Waals surface area contributed by atoms with Gasteiger partial charge in [-0.25, -0.2) is 0 Å². The van der Waals surface area contributed by atoms with Crippen LogP contribution in [0.3, 0.4) is 0 Å². The number of pyridine rings is 1. The third-order valence-electron chi connectivity index (χ3n) is 3.36. The van der Waals surface area contributed by atoms with E-state index in [0.717, 1.165) is 30.5 Å². The van der Waals surface area contributed by atoms with E-state index >= 15 is 0 Å². The Labute approximate surface area is 124 Å². The van der Waals surface area contributed by atoms with E-state index in [4.69, 9.17) is 0 Å². The fraction of sp³-hybridized carbons (Fsp3) is 0.312. The van der Waals surface area contributed by atoms with Crippen molar-refractivity contribution in [3.05, 3.63) is 70.0 Å². The summed E-state index contributed by atoms with van der Waals surface area (Å²) in [7, 11) is 0. The summed E-state index contributed by atoms with van der Waals surface area (Å²) in [6.45, 7) is 2.83. The summed E-state index contributed by atoms with van der Waals surface area (Å²) >= 11 is 0. The van der Waals surface area contributed by atoms with Gasteiger partial charge in [-0.15, -0.1) is 0 Å². The highest BCUT2D eigenvalue weighted by molar-refractivity contribution is 5.35. The van der Waals surface area contributed by atoms with Crippen molar-refractivity contribution in [1.29, 1.82) is 0 Å². The molecule has 0 radical (unpaired) electrons. The Morgan fingerprint density at radius 1 is 1.29 bits per heavy atom. The highest BCUT2D eigenvalue weighted by atomic mass is 16.6. The minimum absolute atomic E-state index is 0.114. The van der Waals surface area contributed by atoms with Crippen molar-refractivity contribution in [1.82, 2.24) is 10.3 Å². The molecule has 0 fully saturated rings. The Morgan fingerprint density at radius 2 is 2.05 bits per heavy atom. The van der Waals surface area contributed by atoms with Crippen LogP contribution in [0.4, 0.5) is 5.69 Å². The predicted octanol–water partition coefficient (Wildman–Crippen LogP) is 3.62. The molecule has 0 saturated carbocycles. The summed E-state index contributed by atoms with van der Waals surface area (Å²) in [5.74, 6) is 0. The molecule has 5 heteroatoms. The maximum absolute atomic E-state index is 10.9. The van der Waals surface area contributed by atoms with Crippen LogP contribution < -0.4 is 5.32 Å². The first kappa shape index (κ1) is 15.1. The summed E-state index contributed by atoms with van der Waals surface area (Å²) in [5.41, 5.74) is 2.25. The molecular weight excluding hydrogens is 266 g/mol. The van der Waals surface area contributed by atoms with Crippen molar-refractivity contribution < 1.29 is 4.92 Å². The van der Waals surface area contributed by atoms with Crippen LogP contribution in [-0.2, 0) is 6.54 Å². The standard InChI is InChI=1S/C16H19N3O2/c1-2-4-16(18-12-13-7-9-17-10-8-13)14-5-3-6-15(11-14)19(20)21/h3,5-11,16,18H,2,4,12H2,1H3. The van der Waals surface area contributed by atoms with E-state index in [2.05, 4.69) is 17.2 Å². The number of aromatic nitrogens is 1. The minimum Gasteiger partial charge on any atom is -0.306 e. The Morgan fingerprint density at radius 3 is 2.71 bits per heavy atom. The van der Waals surface area contributed by atoms with Crippen LogP contribution in [0.25, 0.3) is 0 Å². The fourth-order valence-electron chi connectivity index (χ4n) is 2.27. The van der Waals surface area contributed by atoms with Crippen molar-refractivity contribution >= 4 is 5.69 Å². The third kappa shape index (κ3) is 4.36. The molecule has 1 unspecified atom stereocenters. The summed E-state index contributed by atoms with van der Waals surface area (Å²) in [6.07, 6.45) is 5.47. The summed E-state index contributed by atoms with van der Waals surface area (Å²) in [4.78, 5) is 14.5. The Bertz CT molecular complexity index is 587. The lowest BCUT2D eigenvalue weighted by Crippen LogP contribution is -2.21. The van der Waals surface area contributed by atoms with Gasteiger partial charge in [0.25, 0.3) is 5.69 Å². The molecule has 2 aromatic rings. The molecule has 1 aromatic heterocycles. The first-order valence-corrected chi connectivity index (χ1v) is 7.07. The van der Waals surface area contributed by atoms with Crippen LogP contribution in [0.1, 0.15) is 36.9 Å². The molecule has 0 spiro atoms. The first-order valence-electron chi connectivity index (χ1n) is 7.07. The molecule has 0 aliphatic rings. The fourth-order valence-corrected chi connectivity index (χ4v) is 2.27. The zero-order chi connectivity index (χ0) is 15.1. The van der Waals surface area contributed by atoms with Gasteiger partial charge in [0.15, 0.2) is 0 Å². The second-order valence-electron chi connectivity index (χ2n) is 4.93. The van der Waals surface area contributed by atoms with E-state index in [1.165, 1.54) is 6.07 Å². The van der Waals surface area contributed by atoms with Crippen LogP contribution in [0.15, 0.2) is 48.8 Å². The van der Waals surface area contributed by atoms with Crippen LogP contribution in [0, 0.1) is 10.1 Å². The molecule has 1 heterocycles. The van der Waals surface area contributed by atoms with Crippen LogP contribution in [0.5, 0.6) is 0 Å². The normalized spacial score (nSPS) is 12.0. The maximum atomic E-state index is 10.9. The quantitative estimate of drug-likeness (QED) is 0.623. The molecule has 5 nitrogen and oxygen atoms in total. The molecule has 0 aliphatic heterocycles. The summed E-state index contributed by atoms with van der Waals surface area (Å²) in [5, 5.41) is 14.4.